The van der Waals surface area contributed by atoms with Gasteiger partial charge in [0, 0.05) is 6.04 Å². The zero-order valence-electron chi connectivity index (χ0n) is 12.9. The van der Waals surface area contributed by atoms with Gasteiger partial charge in [-0.3, -0.25) is 0 Å². The lowest BCUT2D eigenvalue weighted by Crippen LogP contribution is -2.32. The third-order valence-electron chi connectivity index (χ3n) is 3.49. The second-order valence-corrected chi connectivity index (χ2v) is 7.08. The van der Waals surface area contributed by atoms with E-state index >= 15 is 0 Å². The van der Waals surface area contributed by atoms with Crippen molar-refractivity contribution in [1.29, 1.82) is 0 Å². The maximum Gasteiger partial charge on any atom is 0.240 e. The summed E-state index contributed by atoms with van der Waals surface area (Å²) in [4.78, 5) is 0.357. The molecule has 0 heterocycles. The molecule has 0 aliphatic carbocycles. The molecule has 0 saturated carbocycles. The topological polar surface area (TPSA) is 46.2 Å². The molecule has 114 valence electrons. The Balaban J connectivity index is 2.55. The van der Waals surface area contributed by atoms with Crippen LogP contribution in [0.2, 0.25) is 0 Å². The number of sulfonamides is 1. The van der Waals surface area contributed by atoms with Crippen molar-refractivity contribution in [3.05, 3.63) is 29.8 Å². The first-order valence-corrected chi connectivity index (χ1v) is 9.09. The van der Waals surface area contributed by atoms with Gasteiger partial charge in [0.25, 0.3) is 0 Å². The summed E-state index contributed by atoms with van der Waals surface area (Å²) in [5.74, 6) is 0. The van der Waals surface area contributed by atoms with Crippen LogP contribution in [0.1, 0.15) is 58.4 Å². The normalized spacial score (nSPS) is 13.3. The zero-order chi connectivity index (χ0) is 15.0. The quantitative estimate of drug-likeness (QED) is 0.703. The van der Waals surface area contributed by atoms with Gasteiger partial charge in [-0.25, -0.2) is 13.1 Å². The highest BCUT2D eigenvalue weighted by atomic mass is 32.2. The predicted molar refractivity (Wildman–Crippen MR) is 84.4 cm³/mol. The van der Waals surface area contributed by atoms with Crippen molar-refractivity contribution in [2.45, 2.75) is 70.2 Å². The third-order valence-corrected chi connectivity index (χ3v) is 5.09. The van der Waals surface area contributed by atoms with Gasteiger partial charge < -0.3 is 0 Å². The van der Waals surface area contributed by atoms with E-state index < -0.39 is 10.0 Å². The molecule has 1 aromatic rings. The van der Waals surface area contributed by atoms with E-state index in [2.05, 4.69) is 18.6 Å². The van der Waals surface area contributed by atoms with Crippen LogP contribution < -0.4 is 4.72 Å². The molecule has 0 amide bonds. The Morgan fingerprint density at radius 2 is 1.70 bits per heavy atom. The molecule has 4 heteroatoms. The van der Waals surface area contributed by atoms with Crippen LogP contribution in [-0.2, 0) is 16.4 Å². The summed E-state index contributed by atoms with van der Waals surface area (Å²) in [5, 5.41) is 0. The molecule has 1 rings (SSSR count). The summed E-state index contributed by atoms with van der Waals surface area (Å²) >= 11 is 0. The van der Waals surface area contributed by atoms with Crippen LogP contribution in [0.3, 0.4) is 0 Å². The Labute approximate surface area is 123 Å². The molecule has 1 unspecified atom stereocenters. The summed E-state index contributed by atoms with van der Waals surface area (Å²) in [5.41, 5.74) is 1.15. The Morgan fingerprint density at radius 1 is 1.05 bits per heavy atom. The van der Waals surface area contributed by atoms with Crippen molar-refractivity contribution < 1.29 is 8.42 Å². The molecule has 0 spiro atoms. The highest BCUT2D eigenvalue weighted by Gasteiger charge is 2.16. The zero-order valence-corrected chi connectivity index (χ0v) is 13.7. The van der Waals surface area contributed by atoms with E-state index in [1.54, 1.807) is 12.1 Å². The third kappa shape index (κ3) is 5.63. The summed E-state index contributed by atoms with van der Waals surface area (Å²) in [6, 6.07) is 7.11. The molecule has 0 radical (unpaired) electrons. The van der Waals surface area contributed by atoms with Crippen LogP contribution in [0.4, 0.5) is 0 Å². The Bertz CT molecular complexity index is 480. The number of rotatable bonds is 9. The van der Waals surface area contributed by atoms with Crippen LogP contribution in [-0.4, -0.2) is 14.5 Å². The van der Waals surface area contributed by atoms with Crippen molar-refractivity contribution in [3.8, 4) is 0 Å². The van der Waals surface area contributed by atoms with Crippen LogP contribution >= 0.6 is 0 Å². The number of aryl methyl sites for hydroxylation is 1. The van der Waals surface area contributed by atoms with Gasteiger partial charge in [0.1, 0.15) is 0 Å². The van der Waals surface area contributed by atoms with Crippen molar-refractivity contribution in [2.24, 2.45) is 0 Å². The SMILES string of the molecule is CCCCCCC(C)NS(=O)(=O)c1ccc(CC)cc1. The highest BCUT2D eigenvalue weighted by molar-refractivity contribution is 7.89. The number of nitrogens with one attached hydrogen (secondary N) is 1. The van der Waals surface area contributed by atoms with Crippen LogP contribution in [0.15, 0.2) is 29.2 Å². The van der Waals surface area contributed by atoms with Crippen molar-refractivity contribution >= 4 is 10.0 Å². The smallest absolute Gasteiger partial charge is 0.208 e. The second kappa shape index (κ2) is 8.42. The largest absolute Gasteiger partial charge is 0.240 e. The number of unbranched alkanes of at least 4 members (excludes halogenated alkanes) is 3. The highest BCUT2D eigenvalue weighted by Crippen LogP contribution is 2.13. The molecule has 1 atom stereocenters. The molecule has 0 aliphatic heterocycles. The van der Waals surface area contributed by atoms with E-state index in [9.17, 15) is 8.42 Å². The average Bonchev–Trinajstić information content (AvgIpc) is 2.43. The van der Waals surface area contributed by atoms with Gasteiger partial charge in [0.15, 0.2) is 0 Å². The van der Waals surface area contributed by atoms with E-state index in [0.29, 0.717) is 4.90 Å². The number of benzene rings is 1. The standard InChI is InChI=1S/C16H27NO2S/c1-4-6-7-8-9-14(3)17-20(18,19)16-12-10-15(5-2)11-13-16/h10-14,17H,4-9H2,1-3H3. The molecule has 3 nitrogen and oxygen atoms in total. The van der Waals surface area contributed by atoms with E-state index in [-0.39, 0.29) is 6.04 Å². The molecule has 0 bridgehead atoms. The van der Waals surface area contributed by atoms with Gasteiger partial charge in [-0.05, 0) is 37.5 Å². The fourth-order valence-corrected chi connectivity index (χ4v) is 3.45. The van der Waals surface area contributed by atoms with Gasteiger partial charge in [-0.2, -0.15) is 0 Å². The summed E-state index contributed by atoms with van der Waals surface area (Å²) < 4.78 is 27.2. The van der Waals surface area contributed by atoms with Gasteiger partial charge >= 0.3 is 0 Å². The Hall–Kier alpha value is -0.870. The molecule has 20 heavy (non-hydrogen) atoms. The van der Waals surface area contributed by atoms with Gasteiger partial charge in [0.2, 0.25) is 10.0 Å². The van der Waals surface area contributed by atoms with E-state index in [1.165, 1.54) is 19.3 Å². The maximum atomic E-state index is 12.2. The number of hydrogen-bond acceptors (Lipinski definition) is 2. The average molecular weight is 297 g/mol. The lowest BCUT2D eigenvalue weighted by Gasteiger charge is -2.14. The molecular formula is C16H27NO2S. The summed E-state index contributed by atoms with van der Waals surface area (Å²) in [6.45, 7) is 6.16. The molecule has 0 saturated heterocycles. The lowest BCUT2D eigenvalue weighted by molar-refractivity contribution is 0.522. The van der Waals surface area contributed by atoms with Crippen molar-refractivity contribution in [1.82, 2.24) is 4.72 Å². The fraction of sp³-hybridized carbons (Fsp3) is 0.625. The van der Waals surface area contributed by atoms with Gasteiger partial charge in [0.05, 0.1) is 4.90 Å². The van der Waals surface area contributed by atoms with Gasteiger partial charge in [-0.15, -0.1) is 0 Å². The van der Waals surface area contributed by atoms with Gasteiger partial charge in [-0.1, -0.05) is 51.7 Å². The first kappa shape index (κ1) is 17.2. The lowest BCUT2D eigenvalue weighted by atomic mass is 10.1. The van der Waals surface area contributed by atoms with E-state index in [4.69, 9.17) is 0 Å². The molecule has 1 N–H and O–H groups in total. The van der Waals surface area contributed by atoms with Crippen LogP contribution in [0, 0.1) is 0 Å². The fourth-order valence-electron chi connectivity index (χ4n) is 2.17. The van der Waals surface area contributed by atoms with Crippen molar-refractivity contribution in [3.63, 3.8) is 0 Å². The molecule has 0 fully saturated rings. The van der Waals surface area contributed by atoms with Crippen molar-refractivity contribution in [2.75, 3.05) is 0 Å². The van der Waals surface area contributed by atoms with Crippen LogP contribution in [0.25, 0.3) is 0 Å². The van der Waals surface area contributed by atoms with E-state index in [1.807, 2.05) is 19.1 Å². The minimum absolute atomic E-state index is 0.0114. The predicted octanol–water partition coefficient (Wildman–Crippen LogP) is 3.89. The minimum Gasteiger partial charge on any atom is -0.208 e. The molecular weight excluding hydrogens is 270 g/mol. The second-order valence-electron chi connectivity index (χ2n) is 5.37. The monoisotopic (exact) mass is 297 g/mol. The molecule has 1 aromatic carbocycles. The minimum atomic E-state index is -3.38. The summed E-state index contributed by atoms with van der Waals surface area (Å²) in [7, 11) is -3.38. The Morgan fingerprint density at radius 3 is 2.25 bits per heavy atom. The number of hydrogen-bond donors (Lipinski definition) is 1. The van der Waals surface area contributed by atoms with Crippen LogP contribution in [0.5, 0.6) is 0 Å². The molecule has 0 aliphatic rings. The summed E-state index contributed by atoms with van der Waals surface area (Å²) in [6.07, 6.45) is 6.48. The first-order chi connectivity index (χ1) is 9.49. The van der Waals surface area contributed by atoms with E-state index in [0.717, 1.165) is 24.8 Å². The first-order valence-electron chi connectivity index (χ1n) is 7.60. The molecule has 0 aromatic heterocycles. The Kier molecular flexibility index (Phi) is 7.24. The maximum absolute atomic E-state index is 12.2.